The normalized spacial score (nSPS) is 13.3. The molecule has 0 radical (unpaired) electrons. The number of aryl methyl sites for hydroxylation is 1. The predicted octanol–water partition coefficient (Wildman–Crippen LogP) is 4.81. The fourth-order valence-corrected chi connectivity index (χ4v) is 4.57. The number of aromatic nitrogens is 2. The van der Waals surface area contributed by atoms with Crippen LogP contribution in [0.5, 0.6) is 5.75 Å². The van der Waals surface area contributed by atoms with Crippen molar-refractivity contribution in [3.8, 4) is 11.4 Å². The molecule has 3 heterocycles. The van der Waals surface area contributed by atoms with Crippen molar-refractivity contribution in [1.82, 2.24) is 14.5 Å². The third kappa shape index (κ3) is 4.51. The quantitative estimate of drug-likeness (QED) is 0.449. The Morgan fingerprint density at radius 2 is 1.91 bits per heavy atom. The van der Waals surface area contributed by atoms with Crippen LogP contribution in [0.4, 0.5) is 4.39 Å². The van der Waals surface area contributed by atoms with Crippen LogP contribution in [-0.2, 0) is 26.5 Å². The summed E-state index contributed by atoms with van der Waals surface area (Å²) in [5.41, 5.74) is 4.84. The number of hydrogen-bond acceptors (Lipinski definition) is 3. The largest absolute Gasteiger partial charge is 0.489 e. The fraction of sp³-hybridized carbons (Fsp3) is 0.240. The van der Waals surface area contributed by atoms with Gasteiger partial charge in [0.15, 0.2) is 0 Å². The lowest BCUT2D eigenvalue weighted by Crippen LogP contribution is -2.17. The summed E-state index contributed by atoms with van der Waals surface area (Å²) in [6.45, 7) is 1.97. The Balaban J connectivity index is 0.00000259. The van der Waals surface area contributed by atoms with Crippen LogP contribution in [0.3, 0.4) is 0 Å². The number of nitrogens with one attached hydrogen (secondary N) is 1. The lowest BCUT2D eigenvalue weighted by atomic mass is 10.1. The number of fused-ring (bicyclic) bond motifs is 3. The Labute approximate surface area is 202 Å². The van der Waals surface area contributed by atoms with E-state index in [0.717, 1.165) is 37.1 Å². The third-order valence-electron chi connectivity index (χ3n) is 6.09. The SMILES string of the molecule is Cl.Cn1c2c(c3ccc(-n4ccc(OCc5ccc(Cl)cc5F)cc4=O)cc31)CCNCC2. The van der Waals surface area contributed by atoms with E-state index in [1.807, 2.05) is 6.07 Å². The molecule has 2 aromatic carbocycles. The second kappa shape index (κ2) is 9.59. The highest BCUT2D eigenvalue weighted by atomic mass is 35.5. The number of pyridine rings is 1. The summed E-state index contributed by atoms with van der Waals surface area (Å²) in [6, 6.07) is 13.7. The molecular weight excluding hydrogens is 464 g/mol. The average molecular weight is 488 g/mol. The van der Waals surface area contributed by atoms with Gasteiger partial charge >= 0.3 is 0 Å². The van der Waals surface area contributed by atoms with Crippen LogP contribution in [0, 0.1) is 5.82 Å². The van der Waals surface area contributed by atoms with Crippen molar-refractivity contribution in [2.75, 3.05) is 13.1 Å². The number of halogens is 3. The van der Waals surface area contributed by atoms with E-state index >= 15 is 0 Å². The Morgan fingerprint density at radius 3 is 2.70 bits per heavy atom. The lowest BCUT2D eigenvalue weighted by Gasteiger charge is -2.10. The van der Waals surface area contributed by atoms with Gasteiger partial charge in [-0.15, -0.1) is 12.4 Å². The number of benzene rings is 2. The topological polar surface area (TPSA) is 48.2 Å². The van der Waals surface area contributed by atoms with Gasteiger partial charge in [0.1, 0.15) is 18.2 Å². The van der Waals surface area contributed by atoms with Gasteiger partial charge in [-0.2, -0.15) is 0 Å². The van der Waals surface area contributed by atoms with E-state index in [1.54, 1.807) is 29.0 Å². The van der Waals surface area contributed by atoms with E-state index in [2.05, 4.69) is 29.1 Å². The zero-order chi connectivity index (χ0) is 22.2. The Hall–Kier alpha value is -2.80. The van der Waals surface area contributed by atoms with Crippen molar-refractivity contribution in [3.63, 3.8) is 0 Å². The van der Waals surface area contributed by atoms with E-state index in [-0.39, 0.29) is 24.6 Å². The first kappa shape index (κ1) is 23.4. The summed E-state index contributed by atoms with van der Waals surface area (Å²) in [5.74, 6) is -0.0457. The molecule has 0 amide bonds. The van der Waals surface area contributed by atoms with Gasteiger partial charge < -0.3 is 14.6 Å². The molecule has 4 aromatic rings. The third-order valence-corrected chi connectivity index (χ3v) is 6.33. The van der Waals surface area contributed by atoms with E-state index in [1.165, 1.54) is 28.8 Å². The molecule has 0 fully saturated rings. The molecule has 0 atom stereocenters. The summed E-state index contributed by atoms with van der Waals surface area (Å²) >= 11 is 5.78. The van der Waals surface area contributed by atoms with Crippen molar-refractivity contribution in [2.24, 2.45) is 7.05 Å². The van der Waals surface area contributed by atoms with Crippen molar-refractivity contribution in [2.45, 2.75) is 19.4 Å². The van der Waals surface area contributed by atoms with E-state index in [4.69, 9.17) is 16.3 Å². The average Bonchev–Trinajstić information content (AvgIpc) is 2.93. The molecule has 8 heteroatoms. The maximum atomic E-state index is 14.0. The van der Waals surface area contributed by atoms with E-state index < -0.39 is 5.82 Å². The summed E-state index contributed by atoms with van der Waals surface area (Å²) in [5, 5.41) is 5.03. The second-order valence-electron chi connectivity index (χ2n) is 8.03. The Morgan fingerprint density at radius 1 is 1.09 bits per heavy atom. The molecule has 2 aromatic heterocycles. The Kier molecular flexibility index (Phi) is 6.79. The first-order valence-corrected chi connectivity index (χ1v) is 11.0. The number of nitrogens with zero attached hydrogens (tertiary/aromatic N) is 2. The van der Waals surface area contributed by atoms with Crippen LogP contribution >= 0.6 is 24.0 Å². The number of ether oxygens (including phenoxy) is 1. The standard InChI is InChI=1S/C25H23ClFN3O2.ClH/c1-29-23-7-10-28-9-6-21(23)20-5-4-18(13-24(20)29)30-11-8-19(14-25(30)31)32-15-16-2-3-17(26)12-22(16)27;/h2-5,8,11-14,28H,6-7,9-10,15H2,1H3;1H. The van der Waals surface area contributed by atoms with Gasteiger partial charge in [-0.25, -0.2) is 4.39 Å². The molecule has 1 aliphatic heterocycles. The molecule has 5 rings (SSSR count). The predicted molar refractivity (Wildman–Crippen MR) is 132 cm³/mol. The number of rotatable bonds is 4. The molecule has 1 N–H and O–H groups in total. The zero-order valence-electron chi connectivity index (χ0n) is 18.1. The highest BCUT2D eigenvalue weighted by Crippen LogP contribution is 2.29. The van der Waals surface area contributed by atoms with Crippen LogP contribution in [0.2, 0.25) is 5.02 Å². The molecule has 33 heavy (non-hydrogen) atoms. The second-order valence-corrected chi connectivity index (χ2v) is 8.47. The van der Waals surface area contributed by atoms with Gasteiger partial charge in [0.2, 0.25) is 0 Å². The Bertz CT molecular complexity index is 1380. The van der Waals surface area contributed by atoms with Gasteiger partial charge in [0.25, 0.3) is 5.56 Å². The van der Waals surface area contributed by atoms with Crippen LogP contribution in [0.1, 0.15) is 16.8 Å². The molecule has 0 bridgehead atoms. The first-order chi connectivity index (χ1) is 15.5. The molecule has 0 saturated carbocycles. The molecule has 0 aliphatic carbocycles. The van der Waals surface area contributed by atoms with Crippen LogP contribution in [-0.4, -0.2) is 22.2 Å². The molecular formula is C25H24Cl2FN3O2. The molecule has 5 nitrogen and oxygen atoms in total. The summed E-state index contributed by atoms with van der Waals surface area (Å²) < 4.78 is 23.4. The molecule has 172 valence electrons. The first-order valence-electron chi connectivity index (χ1n) is 10.6. The highest BCUT2D eigenvalue weighted by molar-refractivity contribution is 6.30. The molecule has 0 spiro atoms. The highest BCUT2D eigenvalue weighted by Gasteiger charge is 2.17. The molecule has 1 aliphatic rings. The maximum absolute atomic E-state index is 14.0. The van der Waals surface area contributed by atoms with Gasteiger partial charge in [0.05, 0.1) is 11.2 Å². The number of hydrogen-bond donors (Lipinski definition) is 1. The van der Waals surface area contributed by atoms with Crippen molar-refractivity contribution < 1.29 is 9.13 Å². The van der Waals surface area contributed by atoms with Crippen LogP contribution in [0.15, 0.2) is 59.5 Å². The van der Waals surface area contributed by atoms with E-state index in [9.17, 15) is 9.18 Å². The minimum Gasteiger partial charge on any atom is -0.489 e. The zero-order valence-corrected chi connectivity index (χ0v) is 19.7. The minimum absolute atomic E-state index is 0. The lowest BCUT2D eigenvalue weighted by molar-refractivity contribution is 0.299. The molecule has 0 saturated heterocycles. The van der Waals surface area contributed by atoms with Crippen LogP contribution in [0.25, 0.3) is 16.6 Å². The summed E-state index contributed by atoms with van der Waals surface area (Å²) in [4.78, 5) is 12.8. The maximum Gasteiger partial charge on any atom is 0.258 e. The van der Waals surface area contributed by atoms with Crippen LogP contribution < -0.4 is 15.6 Å². The van der Waals surface area contributed by atoms with Crippen molar-refractivity contribution >= 4 is 34.9 Å². The van der Waals surface area contributed by atoms with Gasteiger partial charge in [-0.3, -0.25) is 9.36 Å². The van der Waals surface area contributed by atoms with Crippen molar-refractivity contribution in [3.05, 3.63) is 92.7 Å². The smallest absolute Gasteiger partial charge is 0.258 e. The van der Waals surface area contributed by atoms with Gasteiger partial charge in [-0.05, 0) is 48.9 Å². The fourth-order valence-electron chi connectivity index (χ4n) is 4.41. The monoisotopic (exact) mass is 487 g/mol. The summed E-state index contributed by atoms with van der Waals surface area (Å²) in [6.07, 6.45) is 3.69. The van der Waals surface area contributed by atoms with Crippen molar-refractivity contribution in [1.29, 1.82) is 0 Å². The van der Waals surface area contributed by atoms with E-state index in [0.29, 0.717) is 16.3 Å². The van der Waals surface area contributed by atoms with Gasteiger partial charge in [0, 0.05) is 53.9 Å². The minimum atomic E-state index is -0.434. The summed E-state index contributed by atoms with van der Waals surface area (Å²) in [7, 11) is 2.09. The molecule has 0 unspecified atom stereocenters. The van der Waals surface area contributed by atoms with Gasteiger partial charge in [-0.1, -0.05) is 23.7 Å².